The van der Waals surface area contributed by atoms with Crippen LogP contribution < -0.4 is 0 Å². The van der Waals surface area contributed by atoms with Gasteiger partial charge in [-0.1, -0.05) is 0 Å². The number of likely N-dealkylation sites (tertiary alicyclic amines) is 1. The van der Waals surface area contributed by atoms with Gasteiger partial charge in [0.25, 0.3) is 0 Å². The second-order valence-electron chi connectivity index (χ2n) is 5.97. The number of hydrogen-bond acceptors (Lipinski definition) is 4. The van der Waals surface area contributed by atoms with Gasteiger partial charge in [0.2, 0.25) is 6.41 Å². The van der Waals surface area contributed by atoms with Gasteiger partial charge in [-0.2, -0.15) is 0 Å². The molecule has 1 aliphatic heterocycles. The number of aliphatic hydroxyl groups is 1. The lowest BCUT2D eigenvalue weighted by molar-refractivity contribution is -0.243. The molecule has 0 amide bonds. The van der Waals surface area contributed by atoms with Crippen molar-refractivity contribution in [1.82, 2.24) is 4.90 Å². The quantitative estimate of drug-likeness (QED) is 0.735. The fourth-order valence-corrected chi connectivity index (χ4v) is 2.18. The van der Waals surface area contributed by atoms with Gasteiger partial charge in [-0.3, -0.25) is 9.69 Å². The third-order valence-electron chi connectivity index (χ3n) is 3.19. The lowest BCUT2D eigenvalue weighted by Gasteiger charge is -2.37. The predicted molar refractivity (Wildman–Crippen MR) is 68.0 cm³/mol. The molecule has 5 nitrogen and oxygen atoms in total. The normalized spacial score (nSPS) is 20.9. The molecular formula is C13H25NO4. The smallest absolute Gasteiger partial charge is 0.303 e. The van der Waals surface area contributed by atoms with Crippen molar-refractivity contribution >= 4 is 5.97 Å². The summed E-state index contributed by atoms with van der Waals surface area (Å²) in [5.41, 5.74) is -0.362. The fourth-order valence-electron chi connectivity index (χ4n) is 2.18. The van der Waals surface area contributed by atoms with Gasteiger partial charge in [0.05, 0.1) is 5.60 Å². The van der Waals surface area contributed by atoms with Crippen LogP contribution in [0.25, 0.3) is 0 Å². The van der Waals surface area contributed by atoms with E-state index in [0.29, 0.717) is 5.92 Å². The maximum absolute atomic E-state index is 10.5. The summed E-state index contributed by atoms with van der Waals surface area (Å²) in [5, 5.41) is 18.6. The Morgan fingerprint density at radius 3 is 2.39 bits per heavy atom. The first-order valence-corrected chi connectivity index (χ1v) is 6.59. The second-order valence-corrected chi connectivity index (χ2v) is 5.97. The SMILES string of the molecule is CC(C)(C)OC(O)N1CCC(CCC(=O)O)CC1. The summed E-state index contributed by atoms with van der Waals surface area (Å²) >= 11 is 0. The first-order chi connectivity index (χ1) is 8.28. The van der Waals surface area contributed by atoms with Gasteiger partial charge in [-0.05, 0) is 46.0 Å². The molecule has 106 valence electrons. The topological polar surface area (TPSA) is 70.0 Å². The van der Waals surface area contributed by atoms with E-state index < -0.39 is 12.4 Å². The molecule has 18 heavy (non-hydrogen) atoms. The van der Waals surface area contributed by atoms with E-state index in [9.17, 15) is 9.90 Å². The van der Waals surface area contributed by atoms with Gasteiger partial charge in [-0.25, -0.2) is 0 Å². The van der Waals surface area contributed by atoms with E-state index in [1.807, 2.05) is 25.7 Å². The van der Waals surface area contributed by atoms with Gasteiger partial charge in [0, 0.05) is 19.5 Å². The van der Waals surface area contributed by atoms with Crippen LogP contribution in [-0.2, 0) is 9.53 Å². The standard InChI is InChI=1S/C13H25NO4/c1-13(2,3)18-12(17)14-8-6-10(7-9-14)4-5-11(15)16/h10,12,17H,4-9H2,1-3H3,(H,15,16). The molecule has 1 heterocycles. The van der Waals surface area contributed by atoms with Crippen LogP contribution in [0.1, 0.15) is 46.5 Å². The van der Waals surface area contributed by atoms with Crippen molar-refractivity contribution in [2.75, 3.05) is 13.1 Å². The number of ether oxygens (including phenoxy) is 1. The van der Waals surface area contributed by atoms with Crippen LogP contribution in [0.5, 0.6) is 0 Å². The van der Waals surface area contributed by atoms with E-state index in [4.69, 9.17) is 9.84 Å². The highest BCUT2D eigenvalue weighted by molar-refractivity contribution is 5.66. The third kappa shape index (κ3) is 5.80. The molecule has 1 atom stereocenters. The third-order valence-corrected chi connectivity index (χ3v) is 3.19. The molecule has 0 saturated carbocycles. The van der Waals surface area contributed by atoms with E-state index in [0.717, 1.165) is 32.4 Å². The van der Waals surface area contributed by atoms with E-state index in [1.165, 1.54) is 0 Å². The molecule has 0 aromatic rings. The number of aliphatic hydroxyl groups excluding tert-OH is 1. The van der Waals surface area contributed by atoms with E-state index >= 15 is 0 Å². The van der Waals surface area contributed by atoms with Crippen molar-refractivity contribution < 1.29 is 19.7 Å². The number of carboxylic acids is 1. The maximum Gasteiger partial charge on any atom is 0.303 e. The minimum Gasteiger partial charge on any atom is -0.481 e. The highest BCUT2D eigenvalue weighted by Crippen LogP contribution is 2.24. The Labute approximate surface area is 109 Å². The Morgan fingerprint density at radius 2 is 1.94 bits per heavy atom. The van der Waals surface area contributed by atoms with Crippen molar-refractivity contribution in [3.05, 3.63) is 0 Å². The number of hydrogen-bond donors (Lipinski definition) is 2. The fraction of sp³-hybridized carbons (Fsp3) is 0.923. The largest absolute Gasteiger partial charge is 0.481 e. The molecule has 1 unspecified atom stereocenters. The molecule has 0 bridgehead atoms. The summed E-state index contributed by atoms with van der Waals surface area (Å²) in [6, 6.07) is 0. The Balaban J connectivity index is 2.28. The molecule has 1 aliphatic rings. The van der Waals surface area contributed by atoms with Crippen LogP contribution in [0.3, 0.4) is 0 Å². The molecular weight excluding hydrogens is 234 g/mol. The Morgan fingerprint density at radius 1 is 1.39 bits per heavy atom. The van der Waals surface area contributed by atoms with Gasteiger partial charge in [0.1, 0.15) is 0 Å². The van der Waals surface area contributed by atoms with Gasteiger partial charge < -0.3 is 14.9 Å². The van der Waals surface area contributed by atoms with E-state index in [-0.39, 0.29) is 12.0 Å². The maximum atomic E-state index is 10.5. The summed E-state index contributed by atoms with van der Waals surface area (Å²) < 4.78 is 5.50. The van der Waals surface area contributed by atoms with Crippen molar-refractivity contribution in [2.24, 2.45) is 5.92 Å². The zero-order valence-corrected chi connectivity index (χ0v) is 11.6. The van der Waals surface area contributed by atoms with Gasteiger partial charge >= 0.3 is 5.97 Å². The van der Waals surface area contributed by atoms with Crippen LogP contribution >= 0.6 is 0 Å². The second kappa shape index (κ2) is 6.50. The molecule has 1 rings (SSSR count). The molecule has 0 aromatic heterocycles. The van der Waals surface area contributed by atoms with E-state index in [1.54, 1.807) is 0 Å². The summed E-state index contributed by atoms with van der Waals surface area (Å²) in [6.07, 6.45) is 1.98. The van der Waals surface area contributed by atoms with Crippen LogP contribution in [0.15, 0.2) is 0 Å². The van der Waals surface area contributed by atoms with Gasteiger partial charge in [0.15, 0.2) is 0 Å². The number of carboxylic acid groups (broad SMARTS) is 1. The Hall–Kier alpha value is -0.650. The minimum absolute atomic E-state index is 0.242. The summed E-state index contributed by atoms with van der Waals surface area (Å²) in [6.45, 7) is 7.27. The van der Waals surface area contributed by atoms with E-state index in [2.05, 4.69) is 0 Å². The summed E-state index contributed by atoms with van der Waals surface area (Å²) in [7, 11) is 0. The highest BCUT2D eigenvalue weighted by Gasteiger charge is 2.27. The molecule has 0 aliphatic carbocycles. The predicted octanol–water partition coefficient (Wildman–Crippen LogP) is 1.65. The van der Waals surface area contributed by atoms with Crippen molar-refractivity contribution in [3.63, 3.8) is 0 Å². The lowest BCUT2D eigenvalue weighted by atomic mass is 9.92. The number of nitrogens with zero attached hydrogens (tertiary/aromatic N) is 1. The first kappa shape index (κ1) is 15.4. The lowest BCUT2D eigenvalue weighted by Crippen LogP contribution is -2.45. The van der Waals surface area contributed by atoms with Crippen LogP contribution in [-0.4, -0.2) is 46.2 Å². The van der Waals surface area contributed by atoms with Crippen molar-refractivity contribution in [3.8, 4) is 0 Å². The number of rotatable bonds is 5. The average Bonchev–Trinajstić information content (AvgIpc) is 2.24. The molecule has 0 aromatic carbocycles. The van der Waals surface area contributed by atoms with Crippen molar-refractivity contribution in [1.29, 1.82) is 0 Å². The zero-order valence-electron chi connectivity index (χ0n) is 11.6. The molecule has 5 heteroatoms. The molecule has 1 fully saturated rings. The van der Waals surface area contributed by atoms with Crippen LogP contribution in [0, 0.1) is 5.92 Å². The number of carbonyl (C=O) groups is 1. The Kier molecular flexibility index (Phi) is 5.56. The summed E-state index contributed by atoms with van der Waals surface area (Å²) in [5.74, 6) is -0.271. The number of aliphatic carboxylic acids is 1. The van der Waals surface area contributed by atoms with Gasteiger partial charge in [-0.15, -0.1) is 0 Å². The monoisotopic (exact) mass is 259 g/mol. The molecule has 2 N–H and O–H groups in total. The minimum atomic E-state index is -0.856. The molecule has 0 radical (unpaired) electrons. The number of piperidine rings is 1. The average molecular weight is 259 g/mol. The van der Waals surface area contributed by atoms with Crippen LogP contribution in [0.2, 0.25) is 0 Å². The Bertz CT molecular complexity index is 267. The van der Waals surface area contributed by atoms with Crippen LogP contribution in [0.4, 0.5) is 0 Å². The first-order valence-electron chi connectivity index (χ1n) is 6.59. The summed E-state index contributed by atoms with van der Waals surface area (Å²) in [4.78, 5) is 12.4. The van der Waals surface area contributed by atoms with Crippen molar-refractivity contribution in [2.45, 2.75) is 58.5 Å². The molecule has 0 spiro atoms. The highest BCUT2D eigenvalue weighted by atomic mass is 16.6. The molecule has 1 saturated heterocycles. The zero-order chi connectivity index (χ0) is 13.8.